The summed E-state index contributed by atoms with van der Waals surface area (Å²) >= 11 is 0. The maximum absolute atomic E-state index is 11.9. The molecule has 1 aromatic carbocycles. The molecule has 1 spiro atoms. The van der Waals surface area contributed by atoms with Gasteiger partial charge in [0.2, 0.25) is 0 Å². The first-order valence-electron chi connectivity index (χ1n) is 12.4. The molecular formula is C25H42N2O3Si. The molecule has 2 fully saturated rings. The van der Waals surface area contributed by atoms with Crippen LogP contribution in [0.25, 0.3) is 0 Å². The van der Waals surface area contributed by atoms with E-state index < -0.39 is 8.32 Å². The van der Waals surface area contributed by atoms with Gasteiger partial charge in [-0.05, 0) is 74.3 Å². The van der Waals surface area contributed by atoms with Gasteiger partial charge >= 0.3 is 6.09 Å². The number of rotatable bonds is 12. The SMILES string of the molecule is CC[Si](CC)(CC)O[C@@H]1CN(CCCCNC(=O)OCc2ccccc2)CCC12CC2. The molecule has 1 aliphatic carbocycles. The van der Waals surface area contributed by atoms with Crippen LogP contribution in [0, 0.1) is 5.41 Å². The van der Waals surface area contributed by atoms with Crippen LogP contribution < -0.4 is 5.32 Å². The summed E-state index contributed by atoms with van der Waals surface area (Å²) in [7, 11) is -1.56. The lowest BCUT2D eigenvalue weighted by Crippen LogP contribution is -2.52. The summed E-state index contributed by atoms with van der Waals surface area (Å²) < 4.78 is 12.3. The van der Waals surface area contributed by atoms with Crippen LogP contribution in [0.1, 0.15) is 58.4 Å². The number of carbonyl (C=O) groups excluding carboxylic acids is 1. The molecule has 1 saturated carbocycles. The van der Waals surface area contributed by atoms with E-state index in [1.54, 1.807) is 0 Å². The van der Waals surface area contributed by atoms with E-state index in [9.17, 15) is 4.79 Å². The van der Waals surface area contributed by atoms with Gasteiger partial charge in [0, 0.05) is 13.1 Å². The Morgan fingerprint density at radius 1 is 1.10 bits per heavy atom. The smallest absolute Gasteiger partial charge is 0.407 e. The van der Waals surface area contributed by atoms with Crippen LogP contribution in [0.15, 0.2) is 30.3 Å². The van der Waals surface area contributed by atoms with Crippen LogP contribution in [-0.2, 0) is 15.8 Å². The first kappa shape index (κ1) is 24.3. The number of unbranched alkanes of at least 4 members (excludes halogenated alkanes) is 1. The average molecular weight is 447 g/mol. The quantitative estimate of drug-likeness (QED) is 0.337. The maximum atomic E-state index is 11.9. The van der Waals surface area contributed by atoms with E-state index in [-0.39, 0.29) is 6.09 Å². The van der Waals surface area contributed by atoms with Gasteiger partial charge < -0.3 is 19.4 Å². The van der Waals surface area contributed by atoms with Crippen LogP contribution in [0.3, 0.4) is 0 Å². The van der Waals surface area contributed by atoms with Crippen LogP contribution in [0.2, 0.25) is 18.1 Å². The molecule has 174 valence electrons. The highest BCUT2D eigenvalue weighted by Gasteiger charge is 2.54. The standard InChI is InChI=1S/C25H42N2O3Si/c1-4-31(5-2,6-3)30-23-20-27(19-16-25(23)14-15-25)18-11-10-17-26-24(28)29-21-22-12-8-7-9-13-22/h7-9,12-13,23H,4-6,10-11,14-21H2,1-3H3,(H,26,28)/t23-/m1/s1. The second kappa shape index (κ2) is 11.5. The van der Waals surface area contributed by atoms with Crippen molar-refractivity contribution in [1.29, 1.82) is 0 Å². The molecule has 0 bridgehead atoms. The first-order chi connectivity index (χ1) is 15.0. The molecule has 0 radical (unpaired) electrons. The van der Waals surface area contributed by atoms with Gasteiger partial charge in [-0.25, -0.2) is 4.79 Å². The van der Waals surface area contributed by atoms with Gasteiger partial charge in [-0.15, -0.1) is 0 Å². The summed E-state index contributed by atoms with van der Waals surface area (Å²) in [6, 6.07) is 13.5. The van der Waals surface area contributed by atoms with E-state index in [1.807, 2.05) is 30.3 Å². The number of piperidine rings is 1. The van der Waals surface area contributed by atoms with Gasteiger partial charge in [-0.2, -0.15) is 0 Å². The lowest BCUT2D eigenvalue weighted by atomic mass is 9.90. The highest BCUT2D eigenvalue weighted by Crippen LogP contribution is 2.55. The Bertz CT molecular complexity index is 668. The van der Waals surface area contributed by atoms with E-state index in [1.165, 1.54) is 43.9 Å². The van der Waals surface area contributed by atoms with Crippen LogP contribution >= 0.6 is 0 Å². The van der Waals surface area contributed by atoms with Gasteiger partial charge in [-0.1, -0.05) is 51.1 Å². The molecule has 5 nitrogen and oxygen atoms in total. The number of nitrogens with zero attached hydrogens (tertiary/aromatic N) is 1. The third-order valence-electron chi connectivity index (χ3n) is 7.63. The Hall–Kier alpha value is -1.37. The van der Waals surface area contributed by atoms with Gasteiger partial charge in [0.25, 0.3) is 0 Å². The fraction of sp³-hybridized carbons (Fsp3) is 0.720. The first-order valence-corrected chi connectivity index (χ1v) is 14.9. The van der Waals surface area contributed by atoms with Crippen molar-refractivity contribution in [2.24, 2.45) is 5.41 Å². The minimum Gasteiger partial charge on any atom is -0.445 e. The summed E-state index contributed by atoms with van der Waals surface area (Å²) in [5.41, 5.74) is 1.51. The highest BCUT2D eigenvalue weighted by molar-refractivity contribution is 6.73. The Kier molecular flexibility index (Phi) is 8.99. The number of amides is 1. The molecule has 6 heteroatoms. The van der Waals surface area contributed by atoms with E-state index in [2.05, 4.69) is 31.0 Å². The fourth-order valence-corrected chi connectivity index (χ4v) is 7.81. The number of likely N-dealkylation sites (tertiary alicyclic amines) is 1. The van der Waals surface area contributed by atoms with Gasteiger partial charge in [0.15, 0.2) is 8.32 Å². The molecule has 1 aromatic rings. The summed E-state index contributed by atoms with van der Waals surface area (Å²) in [6.45, 7) is 11.4. The number of alkyl carbamates (subject to hydrolysis) is 1. The predicted octanol–water partition coefficient (Wildman–Crippen LogP) is 5.57. The molecule has 1 heterocycles. The number of hydrogen-bond donors (Lipinski definition) is 1. The Morgan fingerprint density at radius 2 is 1.81 bits per heavy atom. The largest absolute Gasteiger partial charge is 0.445 e. The van der Waals surface area contributed by atoms with E-state index in [0.29, 0.717) is 24.7 Å². The average Bonchev–Trinajstić information content (AvgIpc) is 3.59. The van der Waals surface area contributed by atoms with Crippen molar-refractivity contribution >= 4 is 14.4 Å². The monoisotopic (exact) mass is 446 g/mol. The molecule has 1 saturated heterocycles. The zero-order valence-corrected chi connectivity index (χ0v) is 20.8. The second-order valence-corrected chi connectivity index (χ2v) is 14.2. The lowest BCUT2D eigenvalue weighted by molar-refractivity contribution is 0.0180. The fourth-order valence-electron chi connectivity index (χ4n) is 4.89. The molecule has 1 amide bonds. The molecule has 1 N–H and O–H groups in total. The number of benzene rings is 1. The topological polar surface area (TPSA) is 50.8 Å². The van der Waals surface area contributed by atoms with Crippen molar-refractivity contribution < 1.29 is 14.0 Å². The minimum atomic E-state index is -1.56. The Balaban J connectivity index is 1.34. The number of nitrogens with one attached hydrogen (secondary N) is 1. The van der Waals surface area contributed by atoms with Crippen molar-refractivity contribution in [2.75, 3.05) is 26.2 Å². The molecule has 0 aromatic heterocycles. The Labute approximate surface area is 190 Å². The van der Waals surface area contributed by atoms with Crippen LogP contribution in [0.4, 0.5) is 4.79 Å². The van der Waals surface area contributed by atoms with Crippen molar-refractivity contribution in [3.63, 3.8) is 0 Å². The number of ether oxygens (including phenoxy) is 1. The summed E-state index contributed by atoms with van der Waals surface area (Å²) in [4.78, 5) is 14.5. The molecule has 3 rings (SSSR count). The van der Waals surface area contributed by atoms with Crippen molar-refractivity contribution in [3.8, 4) is 0 Å². The zero-order chi connectivity index (χ0) is 22.2. The summed E-state index contributed by atoms with van der Waals surface area (Å²) in [6.07, 6.45) is 6.21. The summed E-state index contributed by atoms with van der Waals surface area (Å²) in [5.74, 6) is 0. The van der Waals surface area contributed by atoms with Gasteiger partial charge in [0.1, 0.15) is 6.61 Å². The minimum absolute atomic E-state index is 0.321. The van der Waals surface area contributed by atoms with E-state index in [4.69, 9.17) is 9.16 Å². The molecule has 0 unspecified atom stereocenters. The number of hydrogen-bond acceptors (Lipinski definition) is 4. The van der Waals surface area contributed by atoms with Gasteiger partial charge in [-0.3, -0.25) is 0 Å². The number of carbonyl (C=O) groups is 1. The third-order valence-corrected chi connectivity index (χ3v) is 12.3. The predicted molar refractivity (Wildman–Crippen MR) is 129 cm³/mol. The molecule has 31 heavy (non-hydrogen) atoms. The lowest BCUT2D eigenvalue weighted by Gasteiger charge is -2.44. The maximum Gasteiger partial charge on any atom is 0.407 e. The van der Waals surface area contributed by atoms with Crippen molar-refractivity contribution in [3.05, 3.63) is 35.9 Å². The van der Waals surface area contributed by atoms with Gasteiger partial charge in [0.05, 0.1) is 6.10 Å². The second-order valence-electron chi connectivity index (χ2n) is 9.46. The normalized spacial score (nSPS) is 20.5. The highest BCUT2D eigenvalue weighted by atomic mass is 28.4. The zero-order valence-electron chi connectivity index (χ0n) is 19.8. The third kappa shape index (κ3) is 6.80. The molecule has 1 atom stereocenters. The van der Waals surface area contributed by atoms with Crippen LogP contribution in [0.5, 0.6) is 0 Å². The van der Waals surface area contributed by atoms with Crippen molar-refractivity contribution in [1.82, 2.24) is 10.2 Å². The van der Waals surface area contributed by atoms with Crippen molar-refractivity contribution in [2.45, 2.75) is 83.7 Å². The van der Waals surface area contributed by atoms with E-state index in [0.717, 1.165) is 31.5 Å². The molecule has 1 aliphatic heterocycles. The van der Waals surface area contributed by atoms with Crippen LogP contribution in [-0.4, -0.2) is 51.6 Å². The molecule has 2 aliphatic rings. The van der Waals surface area contributed by atoms with E-state index >= 15 is 0 Å². The summed E-state index contributed by atoms with van der Waals surface area (Å²) in [5, 5.41) is 2.88. The Morgan fingerprint density at radius 3 is 2.45 bits per heavy atom. The molecular weight excluding hydrogens is 404 g/mol.